The highest BCUT2D eigenvalue weighted by Gasteiger charge is 2.54. The van der Waals surface area contributed by atoms with Crippen molar-refractivity contribution < 1.29 is 33.3 Å². The maximum absolute atomic E-state index is 12.9. The lowest BCUT2D eigenvalue weighted by Gasteiger charge is -2.50. The first-order valence-electron chi connectivity index (χ1n) is 11.7. The standard InChI is InChI=1S/C26H34O7Si/c1-26(2,3)34(4,5)33-21-20-19(16-29-25(32-20)18-14-10-7-11-15-18)30-24(28)22(21)31-23(27)17-12-8-6-9-13-17/h6-15,19-22,24-25,28H,16H2,1-5H3/t19-,20-,21+,22-,24+,25?/m1/s1. The van der Waals surface area contributed by atoms with E-state index >= 15 is 0 Å². The molecule has 2 saturated heterocycles. The molecule has 184 valence electrons. The number of hydrogen-bond acceptors (Lipinski definition) is 7. The molecule has 0 bridgehead atoms. The van der Waals surface area contributed by atoms with Gasteiger partial charge in [-0.3, -0.25) is 0 Å². The Hall–Kier alpha value is -2.07. The lowest BCUT2D eigenvalue weighted by molar-refractivity contribution is -0.351. The van der Waals surface area contributed by atoms with Crippen LogP contribution in [0, 0.1) is 0 Å². The van der Waals surface area contributed by atoms with Crippen molar-refractivity contribution in [3.8, 4) is 0 Å². The number of rotatable bonds is 5. The third-order valence-corrected chi connectivity index (χ3v) is 11.3. The molecule has 8 heteroatoms. The van der Waals surface area contributed by atoms with Crippen molar-refractivity contribution >= 4 is 14.3 Å². The van der Waals surface area contributed by atoms with Crippen LogP contribution < -0.4 is 0 Å². The molecular formula is C26H34O7Si. The summed E-state index contributed by atoms with van der Waals surface area (Å²) in [5, 5.41) is 10.8. The van der Waals surface area contributed by atoms with Crippen LogP contribution in [-0.2, 0) is 23.4 Å². The highest BCUT2D eigenvalue weighted by Crippen LogP contribution is 2.42. The molecule has 2 aromatic rings. The Labute approximate surface area is 202 Å². The summed E-state index contributed by atoms with van der Waals surface area (Å²) in [6.07, 6.45) is -4.92. The van der Waals surface area contributed by atoms with Crippen molar-refractivity contribution in [2.24, 2.45) is 0 Å². The molecule has 0 aromatic heterocycles. The molecule has 4 rings (SSSR count). The number of benzene rings is 2. The van der Waals surface area contributed by atoms with Crippen LogP contribution in [0.5, 0.6) is 0 Å². The van der Waals surface area contributed by atoms with Crippen LogP contribution in [0.3, 0.4) is 0 Å². The maximum Gasteiger partial charge on any atom is 0.338 e. The minimum atomic E-state index is -2.35. The number of aliphatic hydroxyl groups excluding tert-OH is 1. The number of carbonyl (C=O) groups is 1. The van der Waals surface area contributed by atoms with E-state index in [9.17, 15) is 9.90 Å². The van der Waals surface area contributed by atoms with Crippen LogP contribution >= 0.6 is 0 Å². The van der Waals surface area contributed by atoms with E-state index in [0.29, 0.717) is 5.56 Å². The quantitative estimate of drug-likeness (QED) is 0.494. The molecule has 2 heterocycles. The van der Waals surface area contributed by atoms with Gasteiger partial charge in [-0.15, -0.1) is 0 Å². The van der Waals surface area contributed by atoms with Gasteiger partial charge in [0.05, 0.1) is 12.2 Å². The summed E-state index contributed by atoms with van der Waals surface area (Å²) in [4.78, 5) is 12.9. The number of carbonyl (C=O) groups excluding carboxylic acids is 1. The van der Waals surface area contributed by atoms with E-state index in [1.807, 2.05) is 36.4 Å². The fourth-order valence-electron chi connectivity index (χ4n) is 3.89. The van der Waals surface area contributed by atoms with Crippen LogP contribution in [0.1, 0.15) is 43.0 Å². The zero-order valence-corrected chi connectivity index (χ0v) is 21.3. The van der Waals surface area contributed by atoms with Gasteiger partial charge in [0, 0.05) is 5.56 Å². The molecule has 0 aliphatic carbocycles. The Bertz CT molecular complexity index is 960. The highest BCUT2D eigenvalue weighted by molar-refractivity contribution is 6.74. The lowest BCUT2D eigenvalue weighted by atomic mass is 9.97. The molecule has 0 amide bonds. The van der Waals surface area contributed by atoms with Gasteiger partial charge in [0.25, 0.3) is 0 Å². The van der Waals surface area contributed by atoms with E-state index in [1.54, 1.807) is 24.3 Å². The molecule has 0 saturated carbocycles. The second kappa shape index (κ2) is 9.89. The average Bonchev–Trinajstić information content (AvgIpc) is 2.81. The van der Waals surface area contributed by atoms with E-state index in [-0.39, 0.29) is 11.6 Å². The van der Waals surface area contributed by atoms with Gasteiger partial charge >= 0.3 is 5.97 Å². The zero-order valence-electron chi connectivity index (χ0n) is 20.3. The number of aliphatic hydroxyl groups is 1. The molecule has 2 fully saturated rings. The van der Waals surface area contributed by atoms with Gasteiger partial charge in [0.1, 0.15) is 18.3 Å². The molecule has 7 nitrogen and oxygen atoms in total. The summed E-state index contributed by atoms with van der Waals surface area (Å²) in [5.41, 5.74) is 1.26. The molecule has 1 unspecified atom stereocenters. The maximum atomic E-state index is 12.9. The van der Waals surface area contributed by atoms with Crippen molar-refractivity contribution in [1.82, 2.24) is 0 Å². The predicted molar refractivity (Wildman–Crippen MR) is 129 cm³/mol. The van der Waals surface area contributed by atoms with Crippen molar-refractivity contribution in [1.29, 1.82) is 0 Å². The summed E-state index contributed by atoms with van der Waals surface area (Å²) in [5.74, 6) is -0.554. The van der Waals surface area contributed by atoms with Crippen molar-refractivity contribution in [2.45, 2.75) is 75.9 Å². The second-order valence-corrected chi connectivity index (χ2v) is 15.1. The molecule has 1 N–H and O–H groups in total. The number of hydrogen-bond donors (Lipinski definition) is 1. The van der Waals surface area contributed by atoms with E-state index in [2.05, 4.69) is 33.9 Å². The lowest BCUT2D eigenvalue weighted by Crippen LogP contribution is -2.65. The van der Waals surface area contributed by atoms with Crippen molar-refractivity contribution in [3.63, 3.8) is 0 Å². The fourth-order valence-corrected chi connectivity index (χ4v) is 5.19. The monoisotopic (exact) mass is 486 g/mol. The van der Waals surface area contributed by atoms with Crippen molar-refractivity contribution in [3.05, 3.63) is 71.8 Å². The van der Waals surface area contributed by atoms with Crippen LogP contribution in [0.25, 0.3) is 0 Å². The van der Waals surface area contributed by atoms with Crippen molar-refractivity contribution in [2.75, 3.05) is 6.61 Å². The predicted octanol–water partition coefficient (Wildman–Crippen LogP) is 4.43. The highest BCUT2D eigenvalue weighted by atomic mass is 28.4. The molecule has 2 aliphatic rings. The average molecular weight is 487 g/mol. The topological polar surface area (TPSA) is 83.5 Å². The molecular weight excluding hydrogens is 452 g/mol. The minimum Gasteiger partial charge on any atom is -0.450 e. The van der Waals surface area contributed by atoms with E-state index < -0.39 is 51.3 Å². The molecule has 2 aliphatic heterocycles. The van der Waals surface area contributed by atoms with Gasteiger partial charge in [0.15, 0.2) is 27.0 Å². The van der Waals surface area contributed by atoms with Gasteiger partial charge < -0.3 is 28.5 Å². The molecule has 34 heavy (non-hydrogen) atoms. The third kappa shape index (κ3) is 5.27. The first-order valence-corrected chi connectivity index (χ1v) is 14.6. The Morgan fingerprint density at radius 1 is 0.971 bits per heavy atom. The fraction of sp³-hybridized carbons (Fsp3) is 0.500. The second-order valence-electron chi connectivity index (χ2n) is 10.3. The van der Waals surface area contributed by atoms with Gasteiger partial charge in [-0.2, -0.15) is 0 Å². The minimum absolute atomic E-state index is 0.107. The molecule has 6 atom stereocenters. The molecule has 0 spiro atoms. The SMILES string of the molecule is CC(C)(C)[Si](C)(C)O[C@@H]1[C@@H](OC(=O)c2ccccc2)[C@@H](O)O[C@@H]2COC(c3ccccc3)O[C@@H]12. The van der Waals surface area contributed by atoms with E-state index in [4.69, 9.17) is 23.4 Å². The Morgan fingerprint density at radius 3 is 2.21 bits per heavy atom. The van der Waals surface area contributed by atoms with Gasteiger partial charge in [-0.25, -0.2) is 4.79 Å². The van der Waals surface area contributed by atoms with Crippen LogP contribution in [0.2, 0.25) is 18.1 Å². The molecule has 0 radical (unpaired) electrons. The van der Waals surface area contributed by atoms with Crippen LogP contribution in [0.15, 0.2) is 60.7 Å². The smallest absolute Gasteiger partial charge is 0.338 e. The van der Waals surface area contributed by atoms with Crippen LogP contribution in [-0.4, -0.2) is 56.7 Å². The Kier molecular flexibility index (Phi) is 7.28. The first kappa shape index (κ1) is 25.0. The number of fused-ring (bicyclic) bond motifs is 1. The van der Waals surface area contributed by atoms with Gasteiger partial charge in [0.2, 0.25) is 0 Å². The number of ether oxygens (including phenoxy) is 4. The van der Waals surface area contributed by atoms with Crippen LogP contribution in [0.4, 0.5) is 0 Å². The summed E-state index contributed by atoms with van der Waals surface area (Å²) >= 11 is 0. The Morgan fingerprint density at radius 2 is 1.59 bits per heavy atom. The summed E-state index contributed by atoms with van der Waals surface area (Å²) in [6, 6.07) is 18.3. The normalized spacial score (nSPS) is 29.8. The summed E-state index contributed by atoms with van der Waals surface area (Å²) < 4.78 is 30.7. The number of esters is 1. The third-order valence-electron chi connectivity index (χ3n) is 6.86. The molecule has 2 aromatic carbocycles. The summed E-state index contributed by atoms with van der Waals surface area (Å²) in [6.45, 7) is 10.9. The van der Waals surface area contributed by atoms with E-state index in [0.717, 1.165) is 5.56 Å². The Balaban J connectivity index is 1.64. The largest absolute Gasteiger partial charge is 0.450 e. The summed E-state index contributed by atoms with van der Waals surface area (Å²) in [7, 11) is -2.35. The van der Waals surface area contributed by atoms with E-state index in [1.165, 1.54) is 0 Å². The zero-order chi connectivity index (χ0) is 24.5. The van der Waals surface area contributed by atoms with Gasteiger partial charge in [-0.05, 0) is 30.3 Å². The van der Waals surface area contributed by atoms with Gasteiger partial charge in [-0.1, -0.05) is 69.3 Å². The first-order chi connectivity index (χ1) is 16.1.